The zero-order valence-electron chi connectivity index (χ0n) is 13.6. The Balaban J connectivity index is 1.60. The second-order valence-electron chi connectivity index (χ2n) is 8.02. The van der Waals surface area contributed by atoms with Crippen LogP contribution in [0.2, 0.25) is 0 Å². The van der Waals surface area contributed by atoms with E-state index in [0.717, 1.165) is 17.8 Å². The highest BCUT2D eigenvalue weighted by Gasteiger charge is 2.60. The Morgan fingerprint density at radius 3 is 2.45 bits per heavy atom. The maximum Gasteiger partial charge on any atom is 0.0203 e. The molecule has 0 aromatic rings. The van der Waals surface area contributed by atoms with Gasteiger partial charge in [-0.3, -0.25) is 0 Å². The Bertz CT molecular complexity index is 492. The molecule has 0 nitrogen and oxygen atoms in total. The van der Waals surface area contributed by atoms with Crippen molar-refractivity contribution in [2.75, 3.05) is 0 Å². The van der Waals surface area contributed by atoms with Gasteiger partial charge in [0.2, 0.25) is 0 Å². The van der Waals surface area contributed by atoms with E-state index in [-0.39, 0.29) is 0 Å². The number of allylic oxidation sites excluding steroid dienone is 4. The van der Waals surface area contributed by atoms with Crippen LogP contribution in [0.3, 0.4) is 0 Å². The van der Waals surface area contributed by atoms with E-state index in [4.69, 9.17) is 0 Å². The fourth-order valence-electron chi connectivity index (χ4n) is 6.04. The lowest BCUT2D eigenvalue weighted by Gasteiger charge is -2.60. The van der Waals surface area contributed by atoms with Crippen LogP contribution in [-0.2, 0) is 0 Å². The van der Waals surface area contributed by atoms with Gasteiger partial charge in [0.15, 0.2) is 0 Å². The summed E-state index contributed by atoms with van der Waals surface area (Å²) in [6, 6.07) is 0. The van der Waals surface area contributed by atoms with Crippen LogP contribution in [0.25, 0.3) is 0 Å². The minimum Gasteiger partial charge on any atom is -0.0686 e. The van der Waals surface area contributed by atoms with Gasteiger partial charge in [-0.1, -0.05) is 55.9 Å². The molecule has 4 atom stereocenters. The second kappa shape index (κ2) is 4.49. The van der Waals surface area contributed by atoms with E-state index in [2.05, 4.69) is 20.8 Å². The van der Waals surface area contributed by atoms with E-state index < -0.39 is 0 Å². The average molecular weight is 270 g/mol. The number of fused-ring (bicyclic) bond motifs is 2. The summed E-state index contributed by atoms with van der Waals surface area (Å²) in [6.07, 6.45) is 13.0. The molecule has 110 valence electrons. The van der Waals surface area contributed by atoms with Crippen molar-refractivity contribution in [1.82, 2.24) is 0 Å². The normalized spacial score (nSPS) is 37.0. The smallest absolute Gasteiger partial charge is 0.0203 e. The largest absolute Gasteiger partial charge is 0.0686 e. The van der Waals surface area contributed by atoms with Crippen molar-refractivity contribution in [2.24, 2.45) is 23.2 Å². The topological polar surface area (TPSA) is 0 Å². The summed E-state index contributed by atoms with van der Waals surface area (Å²) in [5.41, 5.74) is 8.33. The Morgan fingerprint density at radius 1 is 1.10 bits per heavy atom. The molecule has 0 heteroatoms. The lowest BCUT2D eigenvalue weighted by Crippen LogP contribution is -2.47. The maximum atomic E-state index is 2.51. The van der Waals surface area contributed by atoms with E-state index in [1.807, 2.05) is 22.3 Å². The van der Waals surface area contributed by atoms with E-state index in [0.29, 0.717) is 5.41 Å². The molecule has 0 heterocycles. The summed E-state index contributed by atoms with van der Waals surface area (Å²) in [7, 11) is 0. The zero-order valence-corrected chi connectivity index (χ0v) is 13.6. The monoisotopic (exact) mass is 270 g/mol. The first-order valence-corrected chi connectivity index (χ1v) is 9.15. The third kappa shape index (κ3) is 1.49. The standard InChI is InChI=1S/C20H30/c1-4-6-16(13(3)5-2)17-9-7-15-12-20(19(15)17)11-14-8-10-18(14)20/h13,16-17H,4-12H2,1-3H3. The van der Waals surface area contributed by atoms with Crippen molar-refractivity contribution < 1.29 is 0 Å². The molecule has 0 aromatic heterocycles. The number of hydrogen-bond donors (Lipinski definition) is 0. The summed E-state index contributed by atoms with van der Waals surface area (Å²) in [6.45, 7) is 7.29. The van der Waals surface area contributed by atoms with Gasteiger partial charge in [-0.15, -0.1) is 0 Å². The third-order valence-electron chi connectivity index (χ3n) is 7.25. The second-order valence-corrected chi connectivity index (χ2v) is 8.02. The molecule has 0 N–H and O–H groups in total. The highest BCUT2D eigenvalue weighted by Crippen LogP contribution is 2.73. The fourth-order valence-corrected chi connectivity index (χ4v) is 6.04. The first-order chi connectivity index (χ1) is 9.71. The molecule has 0 saturated carbocycles. The van der Waals surface area contributed by atoms with Gasteiger partial charge in [0.25, 0.3) is 0 Å². The van der Waals surface area contributed by atoms with Crippen LogP contribution >= 0.6 is 0 Å². The average Bonchev–Trinajstić information content (AvgIpc) is 2.75. The van der Waals surface area contributed by atoms with Gasteiger partial charge in [0.1, 0.15) is 0 Å². The molecule has 4 rings (SSSR count). The Morgan fingerprint density at radius 2 is 1.90 bits per heavy atom. The molecule has 0 aromatic carbocycles. The van der Waals surface area contributed by atoms with Crippen molar-refractivity contribution in [1.29, 1.82) is 0 Å². The van der Waals surface area contributed by atoms with Crippen LogP contribution < -0.4 is 0 Å². The first kappa shape index (κ1) is 13.2. The Labute approximate surface area is 124 Å². The summed E-state index contributed by atoms with van der Waals surface area (Å²) in [5.74, 6) is 2.85. The molecule has 4 unspecified atom stereocenters. The molecule has 0 aliphatic heterocycles. The lowest BCUT2D eigenvalue weighted by molar-refractivity contribution is 0.183. The molecule has 4 aliphatic carbocycles. The molecule has 0 radical (unpaired) electrons. The molecular formula is C20H30. The van der Waals surface area contributed by atoms with Crippen molar-refractivity contribution in [3.05, 3.63) is 22.3 Å². The van der Waals surface area contributed by atoms with Crippen molar-refractivity contribution >= 4 is 0 Å². The van der Waals surface area contributed by atoms with Crippen LogP contribution in [0.5, 0.6) is 0 Å². The van der Waals surface area contributed by atoms with Crippen LogP contribution in [0, 0.1) is 23.2 Å². The fraction of sp³-hybridized carbons (Fsp3) is 0.800. The van der Waals surface area contributed by atoms with E-state index >= 15 is 0 Å². The summed E-state index contributed by atoms with van der Waals surface area (Å²) >= 11 is 0. The SMILES string of the molecule is CCCC(C(C)CC)C1CCC2=C1C1(CC3=C1CC3)C2. The first-order valence-electron chi connectivity index (χ1n) is 9.15. The number of rotatable bonds is 5. The van der Waals surface area contributed by atoms with Gasteiger partial charge >= 0.3 is 0 Å². The van der Waals surface area contributed by atoms with Crippen LogP contribution in [0.15, 0.2) is 22.3 Å². The van der Waals surface area contributed by atoms with E-state index in [1.54, 1.807) is 0 Å². The highest BCUT2D eigenvalue weighted by molar-refractivity contribution is 5.58. The van der Waals surface area contributed by atoms with Crippen LogP contribution in [0.1, 0.15) is 78.6 Å². The van der Waals surface area contributed by atoms with Gasteiger partial charge in [-0.2, -0.15) is 0 Å². The summed E-state index contributed by atoms with van der Waals surface area (Å²) in [5, 5.41) is 0. The minimum absolute atomic E-state index is 0.656. The molecular weight excluding hydrogens is 240 g/mol. The molecule has 20 heavy (non-hydrogen) atoms. The van der Waals surface area contributed by atoms with E-state index in [9.17, 15) is 0 Å². The van der Waals surface area contributed by atoms with Crippen molar-refractivity contribution in [3.8, 4) is 0 Å². The highest BCUT2D eigenvalue weighted by atomic mass is 14.6. The molecule has 4 aliphatic rings. The maximum absolute atomic E-state index is 2.51. The predicted octanol–water partition coefficient (Wildman–Crippen LogP) is 6.04. The van der Waals surface area contributed by atoms with Gasteiger partial charge in [0, 0.05) is 5.41 Å². The quantitative estimate of drug-likeness (QED) is 0.534. The van der Waals surface area contributed by atoms with Gasteiger partial charge in [0.05, 0.1) is 0 Å². The van der Waals surface area contributed by atoms with E-state index in [1.165, 1.54) is 57.8 Å². The molecule has 0 amide bonds. The van der Waals surface area contributed by atoms with Gasteiger partial charge < -0.3 is 0 Å². The molecule has 0 bridgehead atoms. The predicted molar refractivity (Wildman–Crippen MR) is 85.5 cm³/mol. The molecule has 0 fully saturated rings. The molecule has 1 spiro atoms. The summed E-state index contributed by atoms with van der Waals surface area (Å²) < 4.78 is 0. The van der Waals surface area contributed by atoms with Gasteiger partial charge in [-0.05, 0) is 62.7 Å². The lowest BCUT2D eigenvalue weighted by atomic mass is 9.44. The zero-order chi connectivity index (χ0) is 13.9. The molecule has 0 saturated heterocycles. The Hall–Kier alpha value is -0.520. The van der Waals surface area contributed by atoms with Crippen LogP contribution in [-0.4, -0.2) is 0 Å². The summed E-state index contributed by atoms with van der Waals surface area (Å²) in [4.78, 5) is 0. The Kier molecular flexibility index (Phi) is 2.95. The van der Waals surface area contributed by atoms with Crippen molar-refractivity contribution in [3.63, 3.8) is 0 Å². The third-order valence-corrected chi connectivity index (χ3v) is 7.25. The van der Waals surface area contributed by atoms with Crippen molar-refractivity contribution in [2.45, 2.75) is 78.6 Å². The minimum atomic E-state index is 0.656. The number of hydrogen-bond acceptors (Lipinski definition) is 0. The van der Waals surface area contributed by atoms with Crippen LogP contribution in [0.4, 0.5) is 0 Å². The van der Waals surface area contributed by atoms with Gasteiger partial charge in [-0.25, -0.2) is 0 Å².